The van der Waals surface area contributed by atoms with Gasteiger partial charge in [0.2, 0.25) is 0 Å². The fraction of sp³-hybridized carbons (Fsp3) is 0.381. The number of methoxy groups -OCH3 is 2. The van der Waals surface area contributed by atoms with Crippen molar-refractivity contribution in [2.45, 2.75) is 13.5 Å². The third kappa shape index (κ3) is 4.22. The van der Waals surface area contributed by atoms with E-state index < -0.39 is 0 Å². The third-order valence-corrected chi connectivity index (χ3v) is 5.01. The van der Waals surface area contributed by atoms with Crippen LogP contribution < -0.4 is 9.47 Å². The summed E-state index contributed by atoms with van der Waals surface area (Å²) in [6, 6.07) is 10.3. The van der Waals surface area contributed by atoms with E-state index in [1.54, 1.807) is 38.5 Å². The molecule has 2 aromatic carbocycles. The first-order chi connectivity index (χ1) is 13.0. The zero-order valence-corrected chi connectivity index (χ0v) is 16.0. The van der Waals surface area contributed by atoms with Crippen molar-refractivity contribution in [1.82, 2.24) is 9.80 Å². The molecule has 0 N–H and O–H groups in total. The number of hydrogen-bond acceptors (Lipinski definition) is 4. The number of rotatable bonds is 5. The quantitative estimate of drug-likeness (QED) is 0.809. The highest BCUT2D eigenvalue weighted by atomic mass is 19.1. The maximum absolute atomic E-state index is 13.8. The Morgan fingerprint density at radius 2 is 1.63 bits per heavy atom. The molecule has 6 heteroatoms. The third-order valence-electron chi connectivity index (χ3n) is 5.01. The van der Waals surface area contributed by atoms with Gasteiger partial charge < -0.3 is 14.4 Å². The first kappa shape index (κ1) is 19.2. The molecule has 0 bridgehead atoms. The molecule has 0 aliphatic carbocycles. The van der Waals surface area contributed by atoms with Crippen LogP contribution in [0.1, 0.15) is 21.5 Å². The lowest BCUT2D eigenvalue weighted by molar-refractivity contribution is 0.0626. The molecule has 0 unspecified atom stereocenters. The maximum atomic E-state index is 13.8. The number of carbonyl (C=O) groups is 1. The molecule has 1 aliphatic heterocycles. The van der Waals surface area contributed by atoms with Gasteiger partial charge in [0.25, 0.3) is 5.91 Å². The van der Waals surface area contributed by atoms with Gasteiger partial charge in [-0.05, 0) is 25.1 Å². The molecule has 0 saturated carbocycles. The van der Waals surface area contributed by atoms with E-state index in [2.05, 4.69) is 4.90 Å². The number of hydrogen-bond donors (Lipinski definition) is 0. The second-order valence-electron chi connectivity index (χ2n) is 6.67. The standard InChI is InChI=1S/C21H25FN2O3/c1-15-19(26-2)12-17(13-20(15)27-3)21(25)24-10-8-23(9-11-24)14-16-6-4-5-7-18(16)22/h4-7,12-13H,8-11,14H2,1-3H3. The van der Waals surface area contributed by atoms with Gasteiger partial charge in [-0.25, -0.2) is 4.39 Å². The molecule has 144 valence electrons. The van der Waals surface area contributed by atoms with Gasteiger partial charge >= 0.3 is 0 Å². The Labute approximate surface area is 159 Å². The Hall–Kier alpha value is -2.60. The van der Waals surface area contributed by atoms with E-state index in [9.17, 15) is 9.18 Å². The highest BCUT2D eigenvalue weighted by Crippen LogP contribution is 2.30. The van der Waals surface area contributed by atoms with Gasteiger partial charge in [0.05, 0.1) is 14.2 Å². The monoisotopic (exact) mass is 372 g/mol. The summed E-state index contributed by atoms with van der Waals surface area (Å²) in [5.74, 6) is 1.04. The number of amides is 1. The maximum Gasteiger partial charge on any atom is 0.254 e. The Bertz CT molecular complexity index is 792. The minimum Gasteiger partial charge on any atom is -0.496 e. The number of nitrogens with zero attached hydrogens (tertiary/aromatic N) is 2. The fourth-order valence-corrected chi connectivity index (χ4v) is 3.37. The van der Waals surface area contributed by atoms with Crippen molar-refractivity contribution in [3.63, 3.8) is 0 Å². The summed E-state index contributed by atoms with van der Waals surface area (Å²) in [4.78, 5) is 16.9. The molecular weight excluding hydrogens is 347 g/mol. The van der Waals surface area contributed by atoms with Gasteiger partial charge in [0, 0.05) is 49.4 Å². The zero-order chi connectivity index (χ0) is 19.4. The summed E-state index contributed by atoms with van der Waals surface area (Å²) in [6.07, 6.45) is 0. The molecule has 3 rings (SSSR count). The molecule has 1 saturated heterocycles. The van der Waals surface area contributed by atoms with E-state index in [1.165, 1.54) is 6.07 Å². The lowest BCUT2D eigenvalue weighted by Crippen LogP contribution is -2.48. The Morgan fingerprint density at radius 3 is 2.19 bits per heavy atom. The van der Waals surface area contributed by atoms with Crippen LogP contribution in [0.3, 0.4) is 0 Å². The lowest BCUT2D eigenvalue weighted by Gasteiger charge is -2.35. The van der Waals surface area contributed by atoms with Crippen LogP contribution >= 0.6 is 0 Å². The Morgan fingerprint density at radius 1 is 1.04 bits per heavy atom. The summed E-state index contributed by atoms with van der Waals surface area (Å²) in [6.45, 7) is 5.08. The topological polar surface area (TPSA) is 42.0 Å². The molecule has 1 fully saturated rings. The lowest BCUT2D eigenvalue weighted by atomic mass is 10.1. The highest BCUT2D eigenvalue weighted by Gasteiger charge is 2.24. The molecule has 0 aromatic heterocycles. The predicted octanol–water partition coefficient (Wildman–Crippen LogP) is 3.11. The molecule has 0 radical (unpaired) electrons. The second kappa shape index (κ2) is 8.39. The summed E-state index contributed by atoms with van der Waals surface area (Å²) < 4.78 is 24.6. The minimum atomic E-state index is -0.185. The van der Waals surface area contributed by atoms with E-state index in [4.69, 9.17) is 9.47 Å². The van der Waals surface area contributed by atoms with Gasteiger partial charge in [-0.2, -0.15) is 0 Å². The molecule has 1 amide bonds. The van der Waals surface area contributed by atoms with Gasteiger partial charge in [0.15, 0.2) is 0 Å². The SMILES string of the molecule is COc1cc(C(=O)N2CCN(Cc3ccccc3F)CC2)cc(OC)c1C. The summed E-state index contributed by atoms with van der Waals surface area (Å²) >= 11 is 0. The van der Waals surface area contributed by atoms with Crippen LogP contribution in [0.4, 0.5) is 4.39 Å². The van der Waals surface area contributed by atoms with Crippen molar-refractivity contribution in [2.75, 3.05) is 40.4 Å². The number of halogens is 1. The van der Waals surface area contributed by atoms with Gasteiger partial charge in [-0.3, -0.25) is 9.69 Å². The predicted molar refractivity (Wildman–Crippen MR) is 102 cm³/mol. The van der Waals surface area contributed by atoms with E-state index in [1.807, 2.05) is 17.9 Å². The van der Waals surface area contributed by atoms with E-state index >= 15 is 0 Å². The minimum absolute atomic E-state index is 0.0443. The van der Waals surface area contributed by atoms with Crippen LogP contribution in [0.2, 0.25) is 0 Å². The van der Waals surface area contributed by atoms with Crippen LogP contribution in [-0.2, 0) is 6.54 Å². The Kier molecular flexibility index (Phi) is 5.96. The van der Waals surface area contributed by atoms with E-state index in [0.29, 0.717) is 55.3 Å². The first-order valence-corrected chi connectivity index (χ1v) is 9.01. The number of carbonyl (C=O) groups excluding carboxylic acids is 1. The van der Waals surface area contributed by atoms with Crippen LogP contribution in [0.15, 0.2) is 36.4 Å². The molecule has 2 aromatic rings. The van der Waals surface area contributed by atoms with Gasteiger partial charge in [-0.1, -0.05) is 18.2 Å². The summed E-state index contributed by atoms with van der Waals surface area (Å²) in [7, 11) is 3.16. The van der Waals surface area contributed by atoms with Crippen LogP contribution in [-0.4, -0.2) is 56.1 Å². The Balaban J connectivity index is 1.66. The van der Waals surface area contributed by atoms with Gasteiger partial charge in [0.1, 0.15) is 17.3 Å². The number of ether oxygens (including phenoxy) is 2. The van der Waals surface area contributed by atoms with Crippen LogP contribution in [0, 0.1) is 12.7 Å². The van der Waals surface area contributed by atoms with Gasteiger partial charge in [-0.15, -0.1) is 0 Å². The molecule has 27 heavy (non-hydrogen) atoms. The summed E-state index contributed by atoms with van der Waals surface area (Å²) in [5.41, 5.74) is 2.10. The fourth-order valence-electron chi connectivity index (χ4n) is 3.37. The molecule has 0 spiro atoms. The van der Waals surface area contributed by atoms with Crippen molar-refractivity contribution in [3.05, 3.63) is 58.9 Å². The second-order valence-corrected chi connectivity index (χ2v) is 6.67. The smallest absolute Gasteiger partial charge is 0.254 e. The van der Waals surface area contributed by atoms with Crippen LogP contribution in [0.5, 0.6) is 11.5 Å². The normalized spacial score (nSPS) is 14.9. The number of piperazine rings is 1. The average Bonchev–Trinajstić information content (AvgIpc) is 2.70. The van der Waals surface area contributed by atoms with Crippen molar-refractivity contribution < 1.29 is 18.7 Å². The summed E-state index contributed by atoms with van der Waals surface area (Å²) in [5, 5.41) is 0. The molecule has 1 aliphatic rings. The van der Waals surface area contributed by atoms with Crippen molar-refractivity contribution in [3.8, 4) is 11.5 Å². The molecule has 5 nitrogen and oxygen atoms in total. The molecule has 0 atom stereocenters. The van der Waals surface area contributed by atoms with E-state index in [0.717, 1.165) is 5.56 Å². The molecular formula is C21H25FN2O3. The van der Waals surface area contributed by atoms with Crippen LogP contribution in [0.25, 0.3) is 0 Å². The molecule has 1 heterocycles. The van der Waals surface area contributed by atoms with Crippen molar-refractivity contribution >= 4 is 5.91 Å². The average molecular weight is 372 g/mol. The van der Waals surface area contributed by atoms with Crippen molar-refractivity contribution in [2.24, 2.45) is 0 Å². The number of benzene rings is 2. The zero-order valence-electron chi connectivity index (χ0n) is 16.0. The van der Waals surface area contributed by atoms with Crippen molar-refractivity contribution in [1.29, 1.82) is 0 Å². The van der Waals surface area contributed by atoms with E-state index in [-0.39, 0.29) is 11.7 Å². The first-order valence-electron chi connectivity index (χ1n) is 9.01. The largest absolute Gasteiger partial charge is 0.496 e. The highest BCUT2D eigenvalue weighted by molar-refractivity contribution is 5.95.